The quantitative estimate of drug-likeness (QED) is 0.442. The van der Waals surface area contributed by atoms with Gasteiger partial charge in [0, 0.05) is 106 Å². The summed E-state index contributed by atoms with van der Waals surface area (Å²) >= 11 is 4.05. The van der Waals surface area contributed by atoms with Crippen LogP contribution in [0.3, 0.4) is 0 Å². The molecule has 1 aromatic rings. The first-order chi connectivity index (χ1) is 7.61. The van der Waals surface area contributed by atoms with Crippen LogP contribution in [0.2, 0.25) is 0 Å². The summed E-state index contributed by atoms with van der Waals surface area (Å²) in [7, 11) is 0. The van der Waals surface area contributed by atoms with E-state index in [1.165, 1.54) is 16.8 Å². The summed E-state index contributed by atoms with van der Waals surface area (Å²) in [5.41, 5.74) is 6.65. The van der Waals surface area contributed by atoms with Gasteiger partial charge in [-0.1, -0.05) is 5.82 Å². The van der Waals surface area contributed by atoms with Gasteiger partial charge in [-0.25, -0.2) is 0 Å². The fraction of sp³-hybridized carbons (Fsp3) is 0.556. The van der Waals surface area contributed by atoms with Crippen LogP contribution in [0, 0.1) is 88.1 Å². The maximum atomic E-state index is 11.5. The SMILES string of the molecule is [Ac].[Ac].[NH-]c1ccn(C2CC(O)[C@@H](CS)O2)c(=O)n1. The number of ether oxygens (including phenoxy) is 1. The largest absolute Gasteiger partial charge is 0.482 e. The van der Waals surface area contributed by atoms with Crippen LogP contribution in [0.15, 0.2) is 17.1 Å². The summed E-state index contributed by atoms with van der Waals surface area (Å²) in [6.07, 6.45) is 0.286. The zero-order valence-corrected chi connectivity index (χ0v) is 19.9. The fourth-order valence-corrected chi connectivity index (χ4v) is 2.01. The number of nitrogens with zero attached hydrogens (tertiary/aromatic N) is 2. The van der Waals surface area contributed by atoms with Crippen molar-refractivity contribution in [2.75, 3.05) is 5.75 Å². The van der Waals surface area contributed by atoms with Gasteiger partial charge in [0.2, 0.25) is 5.69 Å². The minimum absolute atomic E-state index is 0. The molecule has 0 amide bonds. The first-order valence-corrected chi connectivity index (χ1v) is 5.50. The molecule has 0 saturated carbocycles. The molecular weight excluding hydrogens is 684 g/mol. The normalized spacial score (nSPS) is 26.2. The minimum Gasteiger partial charge on any atom is -0.482 e. The fourth-order valence-electron chi connectivity index (χ4n) is 1.68. The van der Waals surface area contributed by atoms with Crippen molar-refractivity contribution in [1.82, 2.24) is 9.55 Å². The molecule has 1 aliphatic heterocycles. The van der Waals surface area contributed by atoms with E-state index in [0.717, 1.165) is 0 Å². The smallest absolute Gasteiger partial charge is 0.248 e. The molecule has 94 valence electrons. The molecule has 2 radical (unpaired) electrons. The van der Waals surface area contributed by atoms with Gasteiger partial charge < -0.3 is 20.6 Å². The molecule has 2 rings (SSSR count). The van der Waals surface area contributed by atoms with E-state index in [0.29, 0.717) is 12.2 Å². The van der Waals surface area contributed by atoms with Crippen molar-refractivity contribution >= 4 is 18.4 Å². The average molecular weight is 696 g/mol. The van der Waals surface area contributed by atoms with Gasteiger partial charge in [-0.05, 0) is 6.07 Å². The Morgan fingerprint density at radius 1 is 1.61 bits per heavy atom. The molecule has 0 spiro atoms. The molecule has 0 bridgehead atoms. The Bertz CT molecular complexity index is 445. The number of aliphatic hydroxyl groups excluding tert-OH is 1. The molecule has 1 aliphatic rings. The second kappa shape index (κ2) is 8.97. The third kappa shape index (κ3) is 4.69. The van der Waals surface area contributed by atoms with E-state index < -0.39 is 18.0 Å². The van der Waals surface area contributed by atoms with Crippen molar-refractivity contribution in [1.29, 1.82) is 0 Å². The molecule has 1 fully saturated rings. The number of aromatic nitrogens is 2. The Hall–Kier alpha value is 1.83. The molecule has 2 N–H and O–H groups in total. The van der Waals surface area contributed by atoms with Crippen LogP contribution in [-0.2, 0) is 4.74 Å². The van der Waals surface area contributed by atoms with Crippen molar-refractivity contribution in [3.63, 3.8) is 0 Å². The number of nitrogens with one attached hydrogen (secondary N) is 1. The summed E-state index contributed by atoms with van der Waals surface area (Å²) in [4.78, 5) is 15.0. The van der Waals surface area contributed by atoms with Gasteiger partial charge in [0.15, 0.2) is 0 Å². The molecule has 1 aromatic heterocycles. The van der Waals surface area contributed by atoms with E-state index in [2.05, 4.69) is 17.6 Å². The molecular formula is C9H12Ac2N3O3S-. The zero-order chi connectivity index (χ0) is 11.7. The van der Waals surface area contributed by atoms with Gasteiger partial charge in [-0.15, -0.1) is 0 Å². The van der Waals surface area contributed by atoms with Gasteiger partial charge >= 0.3 is 0 Å². The third-order valence-electron chi connectivity index (χ3n) is 2.52. The summed E-state index contributed by atoms with van der Waals surface area (Å²) < 4.78 is 6.75. The van der Waals surface area contributed by atoms with Gasteiger partial charge in [0.25, 0.3) is 0 Å². The minimum atomic E-state index is -0.620. The van der Waals surface area contributed by atoms with Crippen molar-refractivity contribution in [2.24, 2.45) is 0 Å². The number of rotatable bonds is 2. The molecule has 6 nitrogen and oxygen atoms in total. The molecule has 2 heterocycles. The van der Waals surface area contributed by atoms with Crippen LogP contribution in [-0.4, -0.2) is 32.6 Å². The number of hydrogen-bond acceptors (Lipinski definition) is 5. The van der Waals surface area contributed by atoms with Crippen molar-refractivity contribution < 1.29 is 98.0 Å². The Balaban J connectivity index is 0.00000144. The van der Waals surface area contributed by atoms with Crippen LogP contribution < -0.4 is 5.69 Å². The van der Waals surface area contributed by atoms with Crippen LogP contribution in [0.25, 0.3) is 5.73 Å². The van der Waals surface area contributed by atoms with Crippen LogP contribution >= 0.6 is 12.6 Å². The Morgan fingerprint density at radius 3 is 2.78 bits per heavy atom. The van der Waals surface area contributed by atoms with Crippen molar-refractivity contribution in [3.05, 3.63) is 28.5 Å². The number of thiol groups is 1. The molecule has 0 aliphatic carbocycles. The Kier molecular flexibility index (Phi) is 9.89. The van der Waals surface area contributed by atoms with E-state index >= 15 is 0 Å². The molecule has 0 aromatic carbocycles. The van der Waals surface area contributed by atoms with E-state index in [4.69, 9.17) is 10.5 Å². The molecule has 1 saturated heterocycles. The second-order valence-corrected chi connectivity index (χ2v) is 3.98. The Morgan fingerprint density at radius 2 is 2.28 bits per heavy atom. The van der Waals surface area contributed by atoms with Crippen LogP contribution in [0.5, 0.6) is 0 Å². The molecule has 9 heteroatoms. The maximum absolute atomic E-state index is 11.5. The second-order valence-electron chi connectivity index (χ2n) is 3.62. The predicted octanol–water partition coefficient (Wildman–Crippen LogP) is 0.505. The summed E-state index contributed by atoms with van der Waals surface area (Å²) in [6, 6.07) is 1.41. The van der Waals surface area contributed by atoms with Gasteiger partial charge in [-0.3, -0.25) is 9.36 Å². The first-order valence-electron chi connectivity index (χ1n) is 4.87. The van der Waals surface area contributed by atoms with Crippen molar-refractivity contribution in [2.45, 2.75) is 24.9 Å². The average Bonchev–Trinajstić information content (AvgIpc) is 2.59. The molecule has 18 heavy (non-hydrogen) atoms. The maximum Gasteiger partial charge on any atom is 0.248 e. The first kappa shape index (κ1) is 19.8. The number of aliphatic hydroxyl groups is 1. The molecule has 3 atom stereocenters. The monoisotopic (exact) mass is 696 g/mol. The van der Waals surface area contributed by atoms with Gasteiger partial charge in [0.1, 0.15) is 6.23 Å². The summed E-state index contributed by atoms with van der Waals surface area (Å²) in [5.74, 6) is 0.321. The zero-order valence-electron chi connectivity index (χ0n) is 9.56. The third-order valence-corrected chi connectivity index (χ3v) is 2.88. The molecule has 2 unspecified atom stereocenters. The van der Waals surface area contributed by atoms with E-state index in [9.17, 15) is 9.90 Å². The topological polar surface area (TPSA) is 88.1 Å². The van der Waals surface area contributed by atoms with Crippen LogP contribution in [0.4, 0.5) is 5.82 Å². The van der Waals surface area contributed by atoms with E-state index in [1.54, 1.807) is 0 Å². The summed E-state index contributed by atoms with van der Waals surface area (Å²) in [5, 5.41) is 9.62. The van der Waals surface area contributed by atoms with Crippen molar-refractivity contribution in [3.8, 4) is 0 Å². The number of hydrogen-bond donors (Lipinski definition) is 2. The van der Waals surface area contributed by atoms with E-state index in [1.807, 2.05) is 0 Å². The summed E-state index contributed by atoms with van der Waals surface area (Å²) in [6.45, 7) is 0. The van der Waals surface area contributed by atoms with E-state index in [-0.39, 0.29) is 100 Å². The van der Waals surface area contributed by atoms with Gasteiger partial charge in [0.05, 0.1) is 12.2 Å². The van der Waals surface area contributed by atoms with Gasteiger partial charge in [-0.2, -0.15) is 12.6 Å². The Labute approximate surface area is 182 Å². The standard InChI is InChI=1S/C9H13N3O3S.2Ac/c10-7-1-2-12(9(14)11-7)8-3-5(13)6(4-16)15-8;;/h1-2,5-6,8,13H,3-4H2,(H3,10,11,14,16);;/p-1/t5?,6-,8?;;/m1../s1. The van der Waals surface area contributed by atoms with Crippen LogP contribution in [0.1, 0.15) is 12.6 Å². The predicted molar refractivity (Wildman–Crippen MR) is 60.9 cm³/mol.